The van der Waals surface area contributed by atoms with E-state index in [9.17, 15) is 9.90 Å². The van der Waals surface area contributed by atoms with Gasteiger partial charge in [-0.2, -0.15) is 5.48 Å². The molecule has 0 unspecified atom stereocenters. The average Bonchev–Trinajstić information content (AvgIpc) is 3.47. The monoisotopic (exact) mass is 569 g/mol. The smallest absolute Gasteiger partial charge is 0.338 e. The number of anilines is 2. The standard InChI is InChI=1S/C19H20FIN4O2.C4H9NO/c1-10-8-11(21)4-5-13(10)23-17-12(19(26)27)9-14-18(16(17)20)24-15(22-14)6-7-25(2)3;1-6-5-4-2-3-4/h4-5,8-9,23H,6-7H2,1-3H3,(H,22,24)(H,26,27);4-5H,2-3H2,1H3. The molecule has 1 aromatic heterocycles. The first-order valence-electron chi connectivity index (χ1n) is 10.6. The van der Waals surface area contributed by atoms with E-state index in [4.69, 9.17) is 0 Å². The lowest BCUT2D eigenvalue weighted by Gasteiger charge is -2.13. The SMILES string of the molecule is CONC1CC1.Cc1cc(I)ccc1Nc1c(C(=O)O)cc2[nH]c(CCN(C)C)nc2c1F. The Labute approximate surface area is 206 Å². The van der Waals surface area contributed by atoms with Gasteiger partial charge in [-0.05, 0) is 86.3 Å². The maximum Gasteiger partial charge on any atom is 0.338 e. The minimum atomic E-state index is -1.20. The van der Waals surface area contributed by atoms with E-state index in [0.717, 1.165) is 15.7 Å². The van der Waals surface area contributed by atoms with Gasteiger partial charge in [-0.15, -0.1) is 0 Å². The van der Waals surface area contributed by atoms with Gasteiger partial charge in [-0.25, -0.2) is 14.2 Å². The highest BCUT2D eigenvalue weighted by Crippen LogP contribution is 2.32. The van der Waals surface area contributed by atoms with Gasteiger partial charge in [-0.1, -0.05) is 0 Å². The molecule has 1 aliphatic carbocycles. The number of benzene rings is 2. The highest BCUT2D eigenvalue weighted by molar-refractivity contribution is 14.1. The molecule has 1 aliphatic rings. The summed E-state index contributed by atoms with van der Waals surface area (Å²) < 4.78 is 16.2. The summed E-state index contributed by atoms with van der Waals surface area (Å²) >= 11 is 2.19. The number of hydrogen-bond donors (Lipinski definition) is 4. The molecule has 0 spiro atoms. The Morgan fingerprint density at radius 1 is 1.36 bits per heavy atom. The Hall–Kier alpha value is -2.28. The number of halogens is 2. The van der Waals surface area contributed by atoms with Crippen LogP contribution in [0.3, 0.4) is 0 Å². The summed E-state index contributed by atoms with van der Waals surface area (Å²) in [6.45, 7) is 2.63. The van der Waals surface area contributed by atoms with Gasteiger partial charge < -0.3 is 25.1 Å². The van der Waals surface area contributed by atoms with Gasteiger partial charge in [0.1, 0.15) is 11.3 Å². The van der Waals surface area contributed by atoms with Crippen molar-refractivity contribution in [2.24, 2.45) is 0 Å². The molecule has 0 bridgehead atoms. The van der Waals surface area contributed by atoms with Crippen LogP contribution in [0.15, 0.2) is 24.3 Å². The molecule has 0 aliphatic heterocycles. The lowest BCUT2D eigenvalue weighted by atomic mass is 10.1. The molecule has 4 N–H and O–H groups in total. The average molecular weight is 569 g/mol. The fourth-order valence-corrected chi connectivity index (χ4v) is 3.82. The zero-order valence-corrected chi connectivity index (χ0v) is 21.3. The number of hydrogen-bond acceptors (Lipinski definition) is 6. The molecular formula is C23H29FIN5O3. The Bertz CT molecular complexity index is 1130. The molecule has 33 heavy (non-hydrogen) atoms. The predicted octanol–water partition coefficient (Wildman–Crippen LogP) is 4.46. The maximum atomic E-state index is 15.2. The van der Waals surface area contributed by atoms with Crippen LogP contribution in [0.1, 0.15) is 34.6 Å². The lowest BCUT2D eigenvalue weighted by molar-refractivity contribution is 0.0697. The van der Waals surface area contributed by atoms with E-state index in [0.29, 0.717) is 29.5 Å². The highest BCUT2D eigenvalue weighted by Gasteiger charge is 2.22. The third kappa shape index (κ3) is 6.85. The fourth-order valence-electron chi connectivity index (χ4n) is 3.17. The van der Waals surface area contributed by atoms with Gasteiger partial charge in [-0.3, -0.25) is 0 Å². The Morgan fingerprint density at radius 2 is 2.09 bits per heavy atom. The van der Waals surface area contributed by atoms with E-state index in [1.807, 2.05) is 38.1 Å². The van der Waals surface area contributed by atoms with Crippen molar-refractivity contribution in [3.05, 3.63) is 50.6 Å². The van der Waals surface area contributed by atoms with Crippen molar-refractivity contribution < 1.29 is 19.1 Å². The summed E-state index contributed by atoms with van der Waals surface area (Å²) in [6.07, 6.45) is 3.18. The molecular weight excluding hydrogens is 540 g/mol. The van der Waals surface area contributed by atoms with Crippen molar-refractivity contribution in [2.45, 2.75) is 32.2 Å². The van der Waals surface area contributed by atoms with Gasteiger partial charge >= 0.3 is 5.97 Å². The molecule has 1 fully saturated rings. The van der Waals surface area contributed by atoms with Crippen molar-refractivity contribution in [1.29, 1.82) is 0 Å². The number of aromatic carboxylic acids is 1. The second-order valence-corrected chi connectivity index (χ2v) is 9.48. The van der Waals surface area contributed by atoms with Gasteiger partial charge in [0.2, 0.25) is 0 Å². The number of likely N-dealkylation sites (N-methyl/N-ethyl adjacent to an activating group) is 1. The van der Waals surface area contributed by atoms with Gasteiger partial charge in [0, 0.05) is 28.3 Å². The molecule has 2 aromatic carbocycles. The van der Waals surface area contributed by atoms with Crippen molar-refractivity contribution >= 4 is 51.0 Å². The van der Waals surface area contributed by atoms with Gasteiger partial charge in [0.05, 0.1) is 23.9 Å². The zero-order chi connectivity index (χ0) is 24.1. The third-order valence-electron chi connectivity index (χ3n) is 5.10. The predicted molar refractivity (Wildman–Crippen MR) is 136 cm³/mol. The molecule has 0 saturated heterocycles. The number of H-pyrrole nitrogens is 1. The topological polar surface area (TPSA) is 103 Å². The molecule has 8 nitrogen and oxygen atoms in total. The van der Waals surface area contributed by atoms with Crippen molar-refractivity contribution in [3.63, 3.8) is 0 Å². The van der Waals surface area contributed by atoms with Crippen LogP contribution in [-0.2, 0) is 11.3 Å². The zero-order valence-electron chi connectivity index (χ0n) is 19.1. The lowest BCUT2D eigenvalue weighted by Crippen LogP contribution is -2.15. The summed E-state index contributed by atoms with van der Waals surface area (Å²) in [5, 5.41) is 12.5. The van der Waals surface area contributed by atoms with E-state index >= 15 is 4.39 Å². The van der Waals surface area contributed by atoms with Gasteiger partial charge in [0.25, 0.3) is 0 Å². The van der Waals surface area contributed by atoms with Crippen LogP contribution in [0.25, 0.3) is 11.0 Å². The van der Waals surface area contributed by atoms with E-state index < -0.39 is 11.8 Å². The Kier molecular flexibility index (Phi) is 8.63. The Balaban J connectivity index is 0.000000442. The number of hydroxylamine groups is 1. The van der Waals surface area contributed by atoms with Crippen molar-refractivity contribution in [2.75, 3.05) is 33.1 Å². The normalized spacial score (nSPS) is 13.2. The van der Waals surface area contributed by atoms with Crippen LogP contribution in [0, 0.1) is 16.3 Å². The summed E-state index contributed by atoms with van der Waals surface area (Å²) in [4.78, 5) is 25.7. The van der Waals surface area contributed by atoms with Crippen molar-refractivity contribution in [1.82, 2.24) is 20.3 Å². The minimum absolute atomic E-state index is 0.0787. The molecule has 3 aromatic rings. The molecule has 10 heteroatoms. The molecule has 4 rings (SSSR count). The van der Waals surface area contributed by atoms with E-state index in [1.165, 1.54) is 18.9 Å². The number of nitrogens with zero attached hydrogens (tertiary/aromatic N) is 2. The maximum absolute atomic E-state index is 15.2. The summed E-state index contributed by atoms with van der Waals surface area (Å²) in [7, 11) is 5.53. The van der Waals surface area contributed by atoms with E-state index in [-0.39, 0.29) is 16.8 Å². The molecule has 0 amide bonds. The van der Waals surface area contributed by atoms with Crippen LogP contribution in [-0.4, -0.2) is 59.7 Å². The first-order chi connectivity index (χ1) is 15.7. The molecule has 0 atom stereocenters. The van der Waals surface area contributed by atoms with Crippen molar-refractivity contribution in [3.8, 4) is 0 Å². The second-order valence-electron chi connectivity index (χ2n) is 8.23. The summed E-state index contributed by atoms with van der Waals surface area (Å²) in [6, 6.07) is 7.72. The molecule has 1 heterocycles. The second kappa shape index (κ2) is 11.2. The quantitative estimate of drug-likeness (QED) is 0.235. The van der Waals surface area contributed by atoms with Crippen LogP contribution < -0.4 is 10.8 Å². The molecule has 1 saturated carbocycles. The number of carboxylic acids is 1. The number of rotatable bonds is 8. The number of aromatic amines is 1. The highest BCUT2D eigenvalue weighted by atomic mass is 127. The first-order valence-corrected chi connectivity index (χ1v) is 11.7. The Morgan fingerprint density at radius 3 is 2.64 bits per heavy atom. The van der Waals surface area contributed by atoms with E-state index in [1.54, 1.807) is 13.2 Å². The van der Waals surface area contributed by atoms with Crippen LogP contribution in [0.2, 0.25) is 0 Å². The van der Waals surface area contributed by atoms with Crippen LogP contribution in [0.4, 0.5) is 15.8 Å². The summed E-state index contributed by atoms with van der Waals surface area (Å²) in [5.41, 5.74) is 4.67. The molecule has 0 radical (unpaired) electrons. The number of fused-ring (bicyclic) bond motifs is 1. The van der Waals surface area contributed by atoms with E-state index in [2.05, 4.69) is 48.2 Å². The number of aryl methyl sites for hydroxylation is 1. The fraction of sp³-hybridized carbons (Fsp3) is 0.391. The summed E-state index contributed by atoms with van der Waals surface area (Å²) in [5.74, 6) is -1.25. The first kappa shape index (κ1) is 25.3. The number of aromatic nitrogens is 2. The number of nitrogens with one attached hydrogen (secondary N) is 3. The molecule has 178 valence electrons. The van der Waals surface area contributed by atoms with Crippen LogP contribution in [0.5, 0.6) is 0 Å². The van der Waals surface area contributed by atoms with Crippen LogP contribution >= 0.6 is 22.6 Å². The number of imidazole rings is 1. The third-order valence-corrected chi connectivity index (χ3v) is 5.77. The minimum Gasteiger partial charge on any atom is -0.478 e. The number of carbonyl (C=O) groups is 1. The number of carboxylic acid groups (broad SMARTS) is 1. The van der Waals surface area contributed by atoms with Gasteiger partial charge in [0.15, 0.2) is 5.82 Å². The largest absolute Gasteiger partial charge is 0.478 e.